The van der Waals surface area contributed by atoms with E-state index >= 15 is 0 Å². The van der Waals surface area contributed by atoms with Gasteiger partial charge >= 0.3 is 0 Å². The van der Waals surface area contributed by atoms with Crippen molar-refractivity contribution in [3.63, 3.8) is 0 Å². The monoisotopic (exact) mass is 312 g/mol. The van der Waals surface area contributed by atoms with Gasteiger partial charge in [-0.3, -0.25) is 0 Å². The number of nitrogens with zero attached hydrogens (tertiary/aromatic N) is 2. The first kappa shape index (κ1) is 12.5. The molecule has 2 aromatic heterocycles. The van der Waals surface area contributed by atoms with Gasteiger partial charge in [0, 0.05) is 19.2 Å². The summed E-state index contributed by atoms with van der Waals surface area (Å²) in [4.78, 5) is 8.67. The van der Waals surface area contributed by atoms with Crippen LogP contribution in [0, 0.1) is 0 Å². The Bertz CT molecular complexity index is 486. The molecule has 6 heteroatoms. The van der Waals surface area contributed by atoms with E-state index in [4.69, 9.17) is 0 Å². The summed E-state index contributed by atoms with van der Waals surface area (Å²) in [6.45, 7) is 0.883. The zero-order chi connectivity index (χ0) is 12.1. The van der Waals surface area contributed by atoms with Gasteiger partial charge < -0.3 is 10.6 Å². The molecule has 0 saturated carbocycles. The van der Waals surface area contributed by atoms with Crippen molar-refractivity contribution in [3.05, 3.63) is 34.0 Å². The summed E-state index contributed by atoms with van der Waals surface area (Å²) >= 11 is 5.07. The Hall–Kier alpha value is -0.980. The molecule has 0 unspecified atom stereocenters. The van der Waals surface area contributed by atoms with Crippen molar-refractivity contribution in [2.45, 2.75) is 6.42 Å². The molecule has 0 aliphatic rings. The molecule has 0 radical (unpaired) electrons. The zero-order valence-electron chi connectivity index (χ0n) is 9.40. The highest BCUT2D eigenvalue weighted by atomic mass is 79.9. The van der Waals surface area contributed by atoms with Gasteiger partial charge in [0.1, 0.15) is 11.6 Å². The predicted molar refractivity (Wildman–Crippen MR) is 75.0 cm³/mol. The smallest absolute Gasteiger partial charge is 0.134 e. The van der Waals surface area contributed by atoms with Gasteiger partial charge in [0.15, 0.2) is 0 Å². The van der Waals surface area contributed by atoms with Crippen LogP contribution in [0.4, 0.5) is 10.8 Å². The van der Waals surface area contributed by atoms with Crippen LogP contribution in [0.5, 0.6) is 0 Å². The molecule has 4 nitrogen and oxygen atoms in total. The van der Waals surface area contributed by atoms with Gasteiger partial charge in [0.25, 0.3) is 0 Å². The fraction of sp³-hybridized carbons (Fsp3) is 0.273. The number of nitrogens with one attached hydrogen (secondary N) is 2. The molecule has 2 aromatic rings. The van der Waals surface area contributed by atoms with Crippen LogP contribution in [0.3, 0.4) is 0 Å². The van der Waals surface area contributed by atoms with E-state index in [9.17, 15) is 0 Å². The average Bonchev–Trinajstić information content (AvgIpc) is 2.73. The normalized spacial score (nSPS) is 10.5. The molecule has 0 atom stereocenters. The lowest BCUT2D eigenvalue weighted by Gasteiger charge is -2.04. The number of likely N-dealkylation sites (N-methyl/N-ethyl adjacent to an activating group) is 1. The number of rotatable bonds is 5. The minimum absolute atomic E-state index is 0.833. The van der Waals surface area contributed by atoms with Crippen molar-refractivity contribution in [1.29, 1.82) is 0 Å². The second-order valence-electron chi connectivity index (χ2n) is 3.44. The van der Waals surface area contributed by atoms with Crippen LogP contribution in [0.2, 0.25) is 0 Å². The van der Waals surface area contributed by atoms with Gasteiger partial charge in [-0.1, -0.05) is 0 Å². The maximum atomic E-state index is 4.44. The summed E-state index contributed by atoms with van der Waals surface area (Å²) in [6.07, 6.45) is 2.61. The molecular weight excluding hydrogens is 300 g/mol. The van der Waals surface area contributed by atoms with Gasteiger partial charge in [-0.2, -0.15) is 0 Å². The first-order chi connectivity index (χ1) is 8.28. The van der Waals surface area contributed by atoms with Gasteiger partial charge in [-0.05, 0) is 41.2 Å². The molecule has 0 spiro atoms. The van der Waals surface area contributed by atoms with Crippen molar-refractivity contribution >= 4 is 38.1 Å². The molecule has 2 N–H and O–H groups in total. The maximum Gasteiger partial charge on any atom is 0.134 e. The second kappa shape index (κ2) is 6.09. The highest BCUT2D eigenvalue weighted by Gasteiger charge is 2.01. The minimum atomic E-state index is 0.833. The average molecular weight is 313 g/mol. The highest BCUT2D eigenvalue weighted by molar-refractivity contribution is 9.11. The van der Waals surface area contributed by atoms with Crippen molar-refractivity contribution in [2.24, 2.45) is 0 Å². The van der Waals surface area contributed by atoms with E-state index < -0.39 is 0 Å². The summed E-state index contributed by atoms with van der Waals surface area (Å²) < 4.78 is 1.10. The summed E-state index contributed by atoms with van der Waals surface area (Å²) in [5.41, 5.74) is 0. The number of hydrogen-bond donors (Lipinski definition) is 2. The van der Waals surface area contributed by atoms with Gasteiger partial charge in [-0.15, -0.1) is 11.3 Å². The fourth-order valence-electron chi connectivity index (χ4n) is 1.33. The van der Waals surface area contributed by atoms with E-state index in [1.807, 2.05) is 25.2 Å². The first-order valence-electron chi connectivity index (χ1n) is 5.27. The van der Waals surface area contributed by atoms with Crippen molar-refractivity contribution in [2.75, 3.05) is 18.9 Å². The van der Waals surface area contributed by atoms with Crippen LogP contribution in [-0.2, 0) is 6.42 Å². The maximum absolute atomic E-state index is 4.44. The topological polar surface area (TPSA) is 49.8 Å². The zero-order valence-corrected chi connectivity index (χ0v) is 11.8. The Balaban J connectivity index is 2.05. The highest BCUT2D eigenvalue weighted by Crippen LogP contribution is 2.28. The number of anilines is 2. The van der Waals surface area contributed by atoms with E-state index in [2.05, 4.69) is 36.5 Å². The number of hydrogen-bond acceptors (Lipinski definition) is 5. The van der Waals surface area contributed by atoms with Crippen LogP contribution in [0.15, 0.2) is 28.2 Å². The third kappa shape index (κ3) is 3.76. The molecule has 0 aromatic carbocycles. The molecule has 17 heavy (non-hydrogen) atoms. The molecular formula is C11H13BrN4S. The molecule has 2 rings (SSSR count). The Labute approximate surface area is 113 Å². The fourth-order valence-corrected chi connectivity index (χ4v) is 2.63. The minimum Gasteiger partial charge on any atom is -0.332 e. The van der Waals surface area contributed by atoms with Crippen LogP contribution in [0.1, 0.15) is 5.82 Å². The lowest BCUT2D eigenvalue weighted by atomic mass is 10.4. The molecule has 0 aliphatic carbocycles. The van der Waals surface area contributed by atoms with Gasteiger partial charge in [-0.25, -0.2) is 9.97 Å². The number of aromatic nitrogens is 2. The number of halogens is 1. The summed E-state index contributed by atoms with van der Waals surface area (Å²) in [7, 11) is 1.92. The van der Waals surface area contributed by atoms with Gasteiger partial charge in [0.05, 0.1) is 8.79 Å². The largest absolute Gasteiger partial charge is 0.332 e. The Morgan fingerprint density at radius 2 is 2.24 bits per heavy atom. The molecule has 2 heterocycles. The van der Waals surface area contributed by atoms with Crippen molar-refractivity contribution < 1.29 is 0 Å². The Morgan fingerprint density at radius 3 is 2.94 bits per heavy atom. The molecule has 0 saturated heterocycles. The van der Waals surface area contributed by atoms with Crippen LogP contribution >= 0.6 is 27.3 Å². The van der Waals surface area contributed by atoms with Crippen LogP contribution < -0.4 is 10.6 Å². The summed E-state index contributed by atoms with van der Waals surface area (Å²) in [5, 5.41) is 7.41. The molecule has 0 fully saturated rings. The first-order valence-corrected chi connectivity index (χ1v) is 6.88. The third-order valence-electron chi connectivity index (χ3n) is 2.13. The van der Waals surface area contributed by atoms with E-state index in [1.54, 1.807) is 17.5 Å². The lowest BCUT2D eigenvalue weighted by molar-refractivity contribution is 0.756. The lowest BCUT2D eigenvalue weighted by Crippen LogP contribution is -2.12. The van der Waals surface area contributed by atoms with Gasteiger partial charge in [0.2, 0.25) is 0 Å². The van der Waals surface area contributed by atoms with Crippen LogP contribution in [-0.4, -0.2) is 23.6 Å². The molecule has 0 amide bonds. The van der Waals surface area contributed by atoms with Crippen LogP contribution in [0.25, 0.3) is 0 Å². The van der Waals surface area contributed by atoms with E-state index in [-0.39, 0.29) is 0 Å². The number of thiophene rings is 1. The summed E-state index contributed by atoms with van der Waals surface area (Å²) in [6, 6.07) is 5.90. The third-order valence-corrected chi connectivity index (χ3v) is 3.67. The SMILES string of the molecule is CNCCc1nccc(Nc2ccc(Br)s2)n1. The Kier molecular flexibility index (Phi) is 4.47. The Morgan fingerprint density at radius 1 is 1.35 bits per heavy atom. The standard InChI is InChI=1S/C11H13BrN4S/c1-13-6-4-9-14-7-5-10(15-9)16-11-3-2-8(12)17-11/h2-3,5,7,13H,4,6H2,1H3,(H,14,15,16). The molecule has 0 bridgehead atoms. The predicted octanol–water partition coefficient (Wildman–Crippen LogP) is 2.81. The van der Waals surface area contributed by atoms with Crippen molar-refractivity contribution in [1.82, 2.24) is 15.3 Å². The van der Waals surface area contributed by atoms with E-state index in [0.717, 1.165) is 33.4 Å². The molecule has 0 aliphatic heterocycles. The van der Waals surface area contributed by atoms with E-state index in [1.165, 1.54) is 0 Å². The van der Waals surface area contributed by atoms with Crippen molar-refractivity contribution in [3.8, 4) is 0 Å². The summed E-state index contributed by atoms with van der Waals surface area (Å²) in [5.74, 6) is 1.68. The molecule has 90 valence electrons. The second-order valence-corrected chi connectivity index (χ2v) is 5.90. The quantitative estimate of drug-likeness (QED) is 0.891. The van der Waals surface area contributed by atoms with E-state index in [0.29, 0.717) is 0 Å².